The standard InChI is InChI=1S/C14H10FN3O2/c1-18-12-3-2-8(14(19)20)6-11(12)17-13(18)9-4-5-16-7-10(9)15/h2-7H,1H3,(H,19,20). The van der Waals surface area contributed by atoms with E-state index in [1.165, 1.54) is 24.4 Å². The number of fused-ring (bicyclic) bond motifs is 1. The number of aryl methyl sites for hydroxylation is 1. The maximum atomic E-state index is 13.8. The molecule has 0 bridgehead atoms. The first-order valence-electron chi connectivity index (χ1n) is 5.87. The predicted octanol–water partition coefficient (Wildman–Crippen LogP) is 2.47. The fourth-order valence-electron chi connectivity index (χ4n) is 2.13. The molecule has 2 heterocycles. The number of imidazole rings is 1. The molecule has 0 aliphatic heterocycles. The lowest BCUT2D eigenvalue weighted by molar-refractivity contribution is 0.0697. The first kappa shape index (κ1) is 12.3. The summed E-state index contributed by atoms with van der Waals surface area (Å²) < 4.78 is 15.5. The number of carbonyl (C=O) groups is 1. The number of carboxylic acids is 1. The summed E-state index contributed by atoms with van der Waals surface area (Å²) in [5.74, 6) is -1.05. The molecule has 100 valence electrons. The summed E-state index contributed by atoms with van der Waals surface area (Å²) in [6.07, 6.45) is 2.61. The Labute approximate surface area is 113 Å². The van der Waals surface area contributed by atoms with Gasteiger partial charge in [0.25, 0.3) is 0 Å². The molecular formula is C14H10FN3O2. The number of aromatic carboxylic acids is 1. The van der Waals surface area contributed by atoms with Crippen LogP contribution in [0.25, 0.3) is 22.4 Å². The van der Waals surface area contributed by atoms with E-state index in [1.807, 2.05) is 0 Å². The average Bonchev–Trinajstić information content (AvgIpc) is 2.76. The van der Waals surface area contributed by atoms with Gasteiger partial charge in [0.05, 0.1) is 28.4 Å². The predicted molar refractivity (Wildman–Crippen MR) is 70.9 cm³/mol. The monoisotopic (exact) mass is 271 g/mol. The molecule has 0 atom stereocenters. The number of nitrogens with zero attached hydrogens (tertiary/aromatic N) is 3. The largest absolute Gasteiger partial charge is 0.478 e. The van der Waals surface area contributed by atoms with E-state index in [2.05, 4.69) is 9.97 Å². The van der Waals surface area contributed by atoms with Gasteiger partial charge in [0, 0.05) is 13.2 Å². The van der Waals surface area contributed by atoms with E-state index >= 15 is 0 Å². The summed E-state index contributed by atoms with van der Waals surface area (Å²) >= 11 is 0. The van der Waals surface area contributed by atoms with Crippen molar-refractivity contribution in [2.24, 2.45) is 7.05 Å². The molecule has 0 saturated carbocycles. The molecule has 0 unspecified atom stereocenters. The van der Waals surface area contributed by atoms with Crippen molar-refractivity contribution in [3.63, 3.8) is 0 Å². The lowest BCUT2D eigenvalue weighted by Gasteiger charge is -2.02. The second-order valence-corrected chi connectivity index (χ2v) is 4.36. The number of halogens is 1. The normalized spacial score (nSPS) is 10.9. The van der Waals surface area contributed by atoms with Crippen molar-refractivity contribution in [3.05, 3.63) is 48.0 Å². The highest BCUT2D eigenvalue weighted by Crippen LogP contribution is 2.25. The summed E-state index contributed by atoms with van der Waals surface area (Å²) in [6.45, 7) is 0. The second-order valence-electron chi connectivity index (χ2n) is 4.36. The molecular weight excluding hydrogens is 261 g/mol. The van der Waals surface area contributed by atoms with Crippen LogP contribution in [-0.4, -0.2) is 25.6 Å². The van der Waals surface area contributed by atoms with Gasteiger partial charge in [-0.25, -0.2) is 14.2 Å². The molecule has 0 saturated heterocycles. The Bertz CT molecular complexity index is 826. The van der Waals surface area contributed by atoms with Crippen LogP contribution in [0, 0.1) is 5.82 Å². The Kier molecular flexibility index (Phi) is 2.71. The van der Waals surface area contributed by atoms with E-state index in [9.17, 15) is 9.18 Å². The minimum atomic E-state index is -1.02. The molecule has 0 spiro atoms. The van der Waals surface area contributed by atoms with Crippen LogP contribution in [0.3, 0.4) is 0 Å². The Morgan fingerprint density at radius 3 is 2.85 bits per heavy atom. The SMILES string of the molecule is Cn1c(-c2ccncc2F)nc2cc(C(=O)O)ccc21. The molecule has 5 nitrogen and oxygen atoms in total. The lowest BCUT2D eigenvalue weighted by atomic mass is 10.2. The Morgan fingerprint density at radius 2 is 2.15 bits per heavy atom. The van der Waals surface area contributed by atoms with E-state index in [0.29, 0.717) is 16.9 Å². The highest BCUT2D eigenvalue weighted by molar-refractivity contribution is 5.93. The number of aromatic nitrogens is 3. The average molecular weight is 271 g/mol. The zero-order valence-electron chi connectivity index (χ0n) is 10.5. The van der Waals surface area contributed by atoms with E-state index in [0.717, 1.165) is 11.7 Å². The highest BCUT2D eigenvalue weighted by Gasteiger charge is 2.14. The van der Waals surface area contributed by atoms with Crippen LogP contribution in [0.1, 0.15) is 10.4 Å². The van der Waals surface area contributed by atoms with Crippen molar-refractivity contribution >= 4 is 17.0 Å². The van der Waals surface area contributed by atoms with Crippen molar-refractivity contribution < 1.29 is 14.3 Å². The molecule has 1 N–H and O–H groups in total. The van der Waals surface area contributed by atoms with Crippen LogP contribution in [-0.2, 0) is 7.05 Å². The molecule has 0 amide bonds. The number of hydrogen-bond acceptors (Lipinski definition) is 3. The third-order valence-corrected chi connectivity index (χ3v) is 3.14. The minimum absolute atomic E-state index is 0.150. The Morgan fingerprint density at radius 1 is 1.35 bits per heavy atom. The molecule has 20 heavy (non-hydrogen) atoms. The molecule has 0 aliphatic carbocycles. The quantitative estimate of drug-likeness (QED) is 0.777. The van der Waals surface area contributed by atoms with E-state index in [4.69, 9.17) is 5.11 Å². The fraction of sp³-hybridized carbons (Fsp3) is 0.0714. The summed E-state index contributed by atoms with van der Waals surface area (Å²) in [5.41, 5.74) is 1.73. The van der Waals surface area contributed by atoms with Gasteiger partial charge in [-0.2, -0.15) is 0 Å². The van der Waals surface area contributed by atoms with Gasteiger partial charge in [-0.15, -0.1) is 0 Å². The second kappa shape index (κ2) is 4.41. The van der Waals surface area contributed by atoms with Gasteiger partial charge in [-0.05, 0) is 24.3 Å². The topological polar surface area (TPSA) is 68.0 Å². The van der Waals surface area contributed by atoms with Gasteiger partial charge in [-0.3, -0.25) is 4.98 Å². The summed E-state index contributed by atoms with van der Waals surface area (Å²) in [5, 5.41) is 8.98. The molecule has 6 heteroatoms. The van der Waals surface area contributed by atoms with Gasteiger partial charge in [0.15, 0.2) is 5.82 Å². The minimum Gasteiger partial charge on any atom is -0.478 e. The Balaban J connectivity index is 2.26. The molecule has 1 aromatic carbocycles. The van der Waals surface area contributed by atoms with Gasteiger partial charge >= 0.3 is 5.97 Å². The zero-order chi connectivity index (χ0) is 14.3. The van der Waals surface area contributed by atoms with Crippen LogP contribution < -0.4 is 0 Å². The third-order valence-electron chi connectivity index (χ3n) is 3.14. The first-order chi connectivity index (χ1) is 9.58. The van der Waals surface area contributed by atoms with Crippen LogP contribution in [0.15, 0.2) is 36.7 Å². The zero-order valence-corrected chi connectivity index (χ0v) is 10.5. The van der Waals surface area contributed by atoms with Gasteiger partial charge in [0.2, 0.25) is 0 Å². The number of carboxylic acid groups (broad SMARTS) is 1. The van der Waals surface area contributed by atoms with Crippen LogP contribution >= 0.6 is 0 Å². The molecule has 3 aromatic rings. The molecule has 0 aliphatic rings. The molecule has 0 fully saturated rings. The molecule has 3 rings (SSSR count). The summed E-state index contributed by atoms with van der Waals surface area (Å²) in [4.78, 5) is 19.0. The summed E-state index contributed by atoms with van der Waals surface area (Å²) in [6, 6.07) is 6.17. The van der Waals surface area contributed by atoms with E-state index in [1.54, 1.807) is 17.7 Å². The maximum absolute atomic E-state index is 13.8. The lowest BCUT2D eigenvalue weighted by Crippen LogP contribution is -1.96. The maximum Gasteiger partial charge on any atom is 0.335 e. The van der Waals surface area contributed by atoms with Crippen molar-refractivity contribution in [1.29, 1.82) is 0 Å². The third kappa shape index (κ3) is 1.82. The highest BCUT2D eigenvalue weighted by atomic mass is 19.1. The Hall–Kier alpha value is -2.76. The van der Waals surface area contributed by atoms with Crippen molar-refractivity contribution in [2.75, 3.05) is 0 Å². The number of pyridine rings is 1. The summed E-state index contributed by atoms with van der Waals surface area (Å²) in [7, 11) is 1.75. The smallest absolute Gasteiger partial charge is 0.335 e. The van der Waals surface area contributed by atoms with Gasteiger partial charge < -0.3 is 9.67 Å². The first-order valence-corrected chi connectivity index (χ1v) is 5.87. The van der Waals surface area contributed by atoms with Gasteiger partial charge in [0.1, 0.15) is 5.82 Å². The van der Waals surface area contributed by atoms with Crippen molar-refractivity contribution in [3.8, 4) is 11.4 Å². The number of hydrogen-bond donors (Lipinski definition) is 1. The van der Waals surface area contributed by atoms with E-state index < -0.39 is 11.8 Å². The molecule has 2 aromatic heterocycles. The molecule has 0 radical (unpaired) electrons. The van der Waals surface area contributed by atoms with Crippen molar-refractivity contribution in [2.45, 2.75) is 0 Å². The van der Waals surface area contributed by atoms with Gasteiger partial charge in [-0.1, -0.05) is 0 Å². The van der Waals surface area contributed by atoms with Crippen molar-refractivity contribution in [1.82, 2.24) is 14.5 Å². The fourth-order valence-corrected chi connectivity index (χ4v) is 2.13. The number of benzene rings is 1. The van der Waals surface area contributed by atoms with Crippen LogP contribution in [0.5, 0.6) is 0 Å². The number of rotatable bonds is 2. The van der Waals surface area contributed by atoms with Crippen LogP contribution in [0.4, 0.5) is 4.39 Å². The van der Waals surface area contributed by atoms with E-state index in [-0.39, 0.29) is 5.56 Å². The van der Waals surface area contributed by atoms with Crippen LogP contribution in [0.2, 0.25) is 0 Å².